The van der Waals surface area contributed by atoms with E-state index in [9.17, 15) is 4.79 Å². The first-order valence-corrected chi connectivity index (χ1v) is 6.15. The number of pyridine rings is 1. The average molecular weight is 254 g/mol. The molecule has 3 aromatic rings. The van der Waals surface area contributed by atoms with Gasteiger partial charge in [-0.3, -0.25) is 4.98 Å². The summed E-state index contributed by atoms with van der Waals surface area (Å²) in [5.74, 6) is -0.562. The van der Waals surface area contributed by atoms with Crippen LogP contribution in [0.2, 0.25) is 0 Å². The maximum Gasteiger partial charge on any atom is 0.439 e. The van der Waals surface area contributed by atoms with Gasteiger partial charge in [0.2, 0.25) is 0 Å². The molecule has 0 atom stereocenters. The van der Waals surface area contributed by atoms with Crippen LogP contribution < -0.4 is 5.76 Å². The molecule has 19 heavy (non-hydrogen) atoms. The molecule has 0 bridgehead atoms. The summed E-state index contributed by atoms with van der Waals surface area (Å²) in [5, 5.41) is 1.88. The monoisotopic (exact) mass is 254 g/mol. The molecule has 0 aliphatic heterocycles. The summed E-state index contributed by atoms with van der Waals surface area (Å²) < 4.78 is 5.20. The van der Waals surface area contributed by atoms with Gasteiger partial charge in [-0.15, -0.1) is 0 Å². The summed E-state index contributed by atoms with van der Waals surface area (Å²) in [6.45, 7) is 6.09. The molecule has 4 heteroatoms. The first kappa shape index (κ1) is 11.8. The van der Waals surface area contributed by atoms with Crippen molar-refractivity contribution in [3.63, 3.8) is 0 Å². The standard InChI is InChI=1S/C15H14N2O2/c1-15(2,3)13-10-7-9-5-4-6-16-11(9)8-12(10)19-14(18)17-13/h4-8H,1-3H3. The van der Waals surface area contributed by atoms with Gasteiger partial charge >= 0.3 is 5.76 Å². The van der Waals surface area contributed by atoms with Gasteiger partial charge in [0.25, 0.3) is 0 Å². The number of rotatable bonds is 0. The molecule has 0 fully saturated rings. The van der Waals surface area contributed by atoms with E-state index in [4.69, 9.17) is 4.42 Å². The van der Waals surface area contributed by atoms with Gasteiger partial charge in [0.15, 0.2) is 0 Å². The summed E-state index contributed by atoms with van der Waals surface area (Å²) in [7, 11) is 0. The molecular formula is C15H14N2O2. The van der Waals surface area contributed by atoms with Crippen molar-refractivity contribution in [2.45, 2.75) is 26.2 Å². The van der Waals surface area contributed by atoms with Crippen molar-refractivity contribution < 1.29 is 4.42 Å². The summed E-state index contributed by atoms with van der Waals surface area (Å²) in [5.41, 5.74) is 1.88. The molecule has 0 aliphatic rings. The Morgan fingerprint density at radius 3 is 2.74 bits per heavy atom. The van der Waals surface area contributed by atoms with Crippen molar-refractivity contribution in [2.24, 2.45) is 0 Å². The normalized spacial score (nSPS) is 12.2. The highest BCUT2D eigenvalue weighted by Gasteiger charge is 2.21. The van der Waals surface area contributed by atoms with E-state index >= 15 is 0 Å². The van der Waals surface area contributed by atoms with Gasteiger partial charge in [-0.2, -0.15) is 4.98 Å². The van der Waals surface area contributed by atoms with E-state index in [1.807, 2.05) is 39.0 Å². The second-order valence-corrected chi connectivity index (χ2v) is 5.62. The van der Waals surface area contributed by atoms with Crippen LogP contribution in [-0.4, -0.2) is 9.97 Å². The first-order chi connectivity index (χ1) is 8.95. The number of aromatic nitrogens is 2. The van der Waals surface area contributed by atoms with Crippen LogP contribution in [0.4, 0.5) is 0 Å². The van der Waals surface area contributed by atoms with Crippen LogP contribution in [0.15, 0.2) is 39.7 Å². The fraction of sp³-hybridized carbons (Fsp3) is 0.267. The van der Waals surface area contributed by atoms with Crippen LogP contribution in [-0.2, 0) is 5.41 Å². The minimum atomic E-state index is -0.562. The predicted molar refractivity (Wildman–Crippen MR) is 74.3 cm³/mol. The number of fused-ring (bicyclic) bond motifs is 2. The lowest BCUT2D eigenvalue weighted by molar-refractivity contribution is 0.498. The highest BCUT2D eigenvalue weighted by molar-refractivity contribution is 5.94. The van der Waals surface area contributed by atoms with Gasteiger partial charge in [0, 0.05) is 28.5 Å². The lowest BCUT2D eigenvalue weighted by Crippen LogP contribution is -2.19. The Bertz CT molecular complexity index is 829. The molecule has 0 aliphatic carbocycles. The van der Waals surface area contributed by atoms with Crippen molar-refractivity contribution in [1.29, 1.82) is 0 Å². The Labute approximate surface area is 110 Å². The van der Waals surface area contributed by atoms with E-state index in [2.05, 4.69) is 9.97 Å². The molecule has 0 saturated carbocycles. The molecule has 0 amide bonds. The van der Waals surface area contributed by atoms with E-state index in [1.165, 1.54) is 0 Å². The molecule has 1 aromatic carbocycles. The van der Waals surface area contributed by atoms with Crippen LogP contribution in [0.1, 0.15) is 26.5 Å². The molecule has 3 rings (SSSR count). The van der Waals surface area contributed by atoms with Crippen LogP contribution in [0, 0.1) is 0 Å². The van der Waals surface area contributed by atoms with Crippen molar-refractivity contribution in [3.8, 4) is 0 Å². The maximum atomic E-state index is 11.6. The Morgan fingerprint density at radius 1 is 1.21 bits per heavy atom. The lowest BCUT2D eigenvalue weighted by Gasteiger charge is -2.18. The second-order valence-electron chi connectivity index (χ2n) is 5.62. The molecule has 0 spiro atoms. The van der Waals surface area contributed by atoms with Crippen LogP contribution >= 0.6 is 0 Å². The third-order valence-corrected chi connectivity index (χ3v) is 3.07. The predicted octanol–water partition coefficient (Wildman–Crippen LogP) is 3.03. The van der Waals surface area contributed by atoms with Crippen LogP contribution in [0.3, 0.4) is 0 Å². The van der Waals surface area contributed by atoms with E-state index in [-0.39, 0.29) is 5.41 Å². The highest BCUT2D eigenvalue weighted by Crippen LogP contribution is 2.29. The van der Waals surface area contributed by atoms with Gasteiger partial charge in [0.05, 0.1) is 11.2 Å². The summed E-state index contributed by atoms with van der Waals surface area (Å²) in [6, 6.07) is 7.65. The Kier molecular flexibility index (Phi) is 2.42. The zero-order chi connectivity index (χ0) is 13.6. The van der Waals surface area contributed by atoms with E-state index in [1.54, 1.807) is 12.3 Å². The third-order valence-electron chi connectivity index (χ3n) is 3.07. The van der Waals surface area contributed by atoms with Crippen molar-refractivity contribution in [1.82, 2.24) is 9.97 Å². The molecule has 96 valence electrons. The number of hydrogen-bond acceptors (Lipinski definition) is 4. The number of nitrogens with zero attached hydrogens (tertiary/aromatic N) is 2. The summed E-state index contributed by atoms with van der Waals surface area (Å²) in [6.07, 6.45) is 1.72. The topological polar surface area (TPSA) is 56.0 Å². The highest BCUT2D eigenvalue weighted by atomic mass is 16.4. The molecule has 0 N–H and O–H groups in total. The zero-order valence-corrected chi connectivity index (χ0v) is 11.1. The second kappa shape index (κ2) is 3.88. The minimum Gasteiger partial charge on any atom is -0.408 e. The minimum absolute atomic E-state index is 0.218. The van der Waals surface area contributed by atoms with Crippen molar-refractivity contribution in [2.75, 3.05) is 0 Å². The fourth-order valence-electron chi connectivity index (χ4n) is 2.21. The van der Waals surface area contributed by atoms with Crippen LogP contribution in [0.5, 0.6) is 0 Å². The quantitative estimate of drug-likeness (QED) is 0.578. The lowest BCUT2D eigenvalue weighted by atomic mass is 9.89. The van der Waals surface area contributed by atoms with Crippen molar-refractivity contribution >= 4 is 21.9 Å². The van der Waals surface area contributed by atoms with Gasteiger partial charge in [-0.1, -0.05) is 26.8 Å². The van der Waals surface area contributed by atoms with Gasteiger partial charge in [-0.25, -0.2) is 4.79 Å². The third kappa shape index (κ3) is 1.99. The number of benzene rings is 1. The molecule has 0 unspecified atom stereocenters. The van der Waals surface area contributed by atoms with Gasteiger partial charge < -0.3 is 4.42 Å². The van der Waals surface area contributed by atoms with E-state index in [0.717, 1.165) is 22.0 Å². The zero-order valence-electron chi connectivity index (χ0n) is 11.1. The molecule has 2 heterocycles. The maximum absolute atomic E-state index is 11.6. The Morgan fingerprint density at radius 2 is 2.00 bits per heavy atom. The Hall–Kier alpha value is -2.23. The SMILES string of the molecule is CC(C)(C)c1nc(=O)oc2cc3ncccc3cc12. The van der Waals surface area contributed by atoms with Gasteiger partial charge in [0.1, 0.15) is 5.58 Å². The Balaban J connectivity index is 2.50. The van der Waals surface area contributed by atoms with E-state index in [0.29, 0.717) is 5.58 Å². The fourth-order valence-corrected chi connectivity index (χ4v) is 2.21. The number of hydrogen-bond donors (Lipinski definition) is 0. The largest absolute Gasteiger partial charge is 0.439 e. The first-order valence-electron chi connectivity index (χ1n) is 6.15. The molecule has 2 aromatic heterocycles. The summed E-state index contributed by atoms with van der Waals surface area (Å²) in [4.78, 5) is 19.9. The smallest absolute Gasteiger partial charge is 0.408 e. The molecule has 0 saturated heterocycles. The van der Waals surface area contributed by atoms with Crippen molar-refractivity contribution in [3.05, 3.63) is 46.7 Å². The molecule has 4 nitrogen and oxygen atoms in total. The molecular weight excluding hydrogens is 240 g/mol. The summed E-state index contributed by atoms with van der Waals surface area (Å²) >= 11 is 0. The van der Waals surface area contributed by atoms with Crippen LogP contribution in [0.25, 0.3) is 21.9 Å². The average Bonchev–Trinajstić information content (AvgIpc) is 2.34. The molecule has 0 radical (unpaired) electrons. The van der Waals surface area contributed by atoms with Gasteiger partial charge in [-0.05, 0) is 12.1 Å². The van der Waals surface area contributed by atoms with E-state index < -0.39 is 5.76 Å².